The Kier molecular flexibility index (Phi) is 6.49. The summed E-state index contributed by atoms with van der Waals surface area (Å²) in [5, 5.41) is 2.81. The minimum atomic E-state index is -3.71. The molecule has 3 rings (SSSR count). The molecule has 1 aromatic rings. The van der Waals surface area contributed by atoms with Crippen molar-refractivity contribution in [3.63, 3.8) is 0 Å². The van der Waals surface area contributed by atoms with Crippen molar-refractivity contribution in [1.29, 1.82) is 0 Å². The Bertz CT molecular complexity index is 803. The fraction of sp³-hybridized carbons (Fsp3) is 0.579. The molecule has 1 saturated carbocycles. The topological polar surface area (TPSA) is 90.9 Å². The maximum absolute atomic E-state index is 12.7. The van der Waals surface area contributed by atoms with E-state index in [9.17, 15) is 13.2 Å². The number of hydrogen-bond acceptors (Lipinski definition) is 5. The van der Waals surface area contributed by atoms with Gasteiger partial charge in [0.2, 0.25) is 5.91 Å². The third-order valence-electron chi connectivity index (χ3n) is 4.87. The van der Waals surface area contributed by atoms with Gasteiger partial charge in [0.05, 0.1) is 11.4 Å². The largest absolute Gasteiger partial charge is 0.325 e. The van der Waals surface area contributed by atoms with Crippen molar-refractivity contribution >= 4 is 27.5 Å². The van der Waals surface area contributed by atoms with Crippen LogP contribution in [0.25, 0.3) is 0 Å². The number of carbonyl (C=O) groups excluding carboxylic acids is 1. The molecular formula is C19H28N4O3S. The Morgan fingerprint density at radius 3 is 2.81 bits per heavy atom. The number of amides is 1. The Hall–Kier alpha value is -1.93. The van der Waals surface area contributed by atoms with Gasteiger partial charge >= 0.3 is 0 Å². The first kappa shape index (κ1) is 19.8. The number of aliphatic imine (C=N–C) groups is 1. The van der Waals surface area contributed by atoms with Crippen LogP contribution >= 0.6 is 0 Å². The number of hydrogen-bond donors (Lipinski definition) is 2. The van der Waals surface area contributed by atoms with Gasteiger partial charge in [-0.15, -0.1) is 0 Å². The van der Waals surface area contributed by atoms with Gasteiger partial charge in [-0.1, -0.05) is 19.4 Å². The second-order valence-electron chi connectivity index (χ2n) is 7.11. The Balaban J connectivity index is 1.65. The summed E-state index contributed by atoms with van der Waals surface area (Å²) in [6, 6.07) is 6.87. The molecule has 148 valence electrons. The monoisotopic (exact) mass is 392 g/mol. The molecule has 0 spiro atoms. The van der Waals surface area contributed by atoms with Crippen LogP contribution in [-0.2, 0) is 14.8 Å². The molecule has 2 N–H and O–H groups in total. The van der Waals surface area contributed by atoms with Crippen molar-refractivity contribution in [3.05, 3.63) is 24.3 Å². The van der Waals surface area contributed by atoms with E-state index in [0.29, 0.717) is 37.1 Å². The average Bonchev–Trinajstić information content (AvgIpc) is 3.48. The zero-order chi connectivity index (χ0) is 19.3. The Morgan fingerprint density at radius 2 is 2.07 bits per heavy atom. The molecule has 1 aromatic carbocycles. The normalized spacial score (nSPS) is 17.9. The molecule has 0 unspecified atom stereocenters. The lowest BCUT2D eigenvalue weighted by atomic mass is 10.2. The molecule has 7 nitrogen and oxygen atoms in total. The highest BCUT2D eigenvalue weighted by Crippen LogP contribution is 2.26. The second kappa shape index (κ2) is 8.84. The van der Waals surface area contributed by atoms with Crippen LogP contribution in [0.1, 0.15) is 45.4 Å². The smallest absolute Gasteiger partial charge is 0.262 e. The molecule has 0 saturated heterocycles. The molecular weight excluding hydrogens is 364 g/mol. The number of nitrogens with one attached hydrogen (secondary N) is 2. The summed E-state index contributed by atoms with van der Waals surface area (Å²) in [4.78, 5) is 18.9. The number of amidine groups is 1. The molecule has 1 heterocycles. The van der Waals surface area contributed by atoms with E-state index in [-0.39, 0.29) is 10.8 Å². The van der Waals surface area contributed by atoms with Crippen LogP contribution in [0.3, 0.4) is 0 Å². The summed E-state index contributed by atoms with van der Waals surface area (Å²) in [6.07, 6.45) is 5.92. The molecule has 0 bridgehead atoms. The van der Waals surface area contributed by atoms with E-state index in [1.54, 1.807) is 12.1 Å². The summed E-state index contributed by atoms with van der Waals surface area (Å²) in [7, 11) is -3.71. The van der Waals surface area contributed by atoms with Crippen LogP contribution in [0.15, 0.2) is 34.2 Å². The quantitative estimate of drug-likeness (QED) is 0.745. The lowest BCUT2D eigenvalue weighted by Crippen LogP contribution is -2.34. The first-order chi connectivity index (χ1) is 13.0. The molecule has 1 fully saturated rings. The van der Waals surface area contributed by atoms with Crippen LogP contribution in [0.5, 0.6) is 0 Å². The van der Waals surface area contributed by atoms with E-state index in [4.69, 9.17) is 0 Å². The summed E-state index contributed by atoms with van der Waals surface area (Å²) >= 11 is 0. The minimum absolute atomic E-state index is 0.126. The number of benzene rings is 1. The number of carbonyl (C=O) groups is 1. The average molecular weight is 393 g/mol. The summed E-state index contributed by atoms with van der Waals surface area (Å²) in [5.74, 6) is 0.393. The van der Waals surface area contributed by atoms with Gasteiger partial charge in [0.1, 0.15) is 5.84 Å². The highest BCUT2D eigenvalue weighted by atomic mass is 32.2. The van der Waals surface area contributed by atoms with Crippen molar-refractivity contribution in [3.8, 4) is 0 Å². The summed E-state index contributed by atoms with van der Waals surface area (Å²) < 4.78 is 27.9. The SMILES string of the molecule is CCN(CC(=O)Nc1cccc(S(=O)(=O)NC2=NCCCCC2)c1)C1CC1. The predicted octanol–water partition coefficient (Wildman–Crippen LogP) is 2.36. The molecule has 1 aliphatic carbocycles. The van der Waals surface area contributed by atoms with Crippen LogP contribution in [0.4, 0.5) is 5.69 Å². The molecule has 1 amide bonds. The number of rotatable bonds is 7. The van der Waals surface area contributed by atoms with Gasteiger partial charge in [-0.3, -0.25) is 19.4 Å². The van der Waals surface area contributed by atoms with Crippen molar-refractivity contribution < 1.29 is 13.2 Å². The first-order valence-corrected chi connectivity index (χ1v) is 11.2. The van der Waals surface area contributed by atoms with Crippen molar-refractivity contribution in [1.82, 2.24) is 9.62 Å². The molecule has 0 atom stereocenters. The third-order valence-corrected chi connectivity index (χ3v) is 6.25. The Morgan fingerprint density at radius 1 is 1.26 bits per heavy atom. The highest BCUT2D eigenvalue weighted by Gasteiger charge is 2.29. The number of anilines is 1. The van der Waals surface area contributed by atoms with Gasteiger partial charge in [-0.25, -0.2) is 8.42 Å². The van der Waals surface area contributed by atoms with Gasteiger partial charge in [0.25, 0.3) is 10.0 Å². The maximum Gasteiger partial charge on any atom is 0.262 e. The van der Waals surface area contributed by atoms with Gasteiger partial charge in [-0.2, -0.15) is 0 Å². The lowest BCUT2D eigenvalue weighted by Gasteiger charge is -2.19. The zero-order valence-corrected chi connectivity index (χ0v) is 16.6. The van der Waals surface area contributed by atoms with Crippen molar-refractivity contribution in [2.24, 2.45) is 4.99 Å². The van der Waals surface area contributed by atoms with E-state index in [2.05, 4.69) is 19.9 Å². The fourth-order valence-electron chi connectivity index (χ4n) is 3.24. The van der Waals surface area contributed by atoms with E-state index in [1.807, 2.05) is 6.92 Å². The fourth-order valence-corrected chi connectivity index (χ4v) is 4.37. The van der Waals surface area contributed by atoms with E-state index >= 15 is 0 Å². The van der Waals surface area contributed by atoms with E-state index in [1.165, 1.54) is 12.1 Å². The maximum atomic E-state index is 12.7. The molecule has 8 heteroatoms. The van der Waals surface area contributed by atoms with E-state index < -0.39 is 10.0 Å². The molecule has 1 aliphatic heterocycles. The van der Waals surface area contributed by atoms with E-state index in [0.717, 1.165) is 38.6 Å². The van der Waals surface area contributed by atoms with Gasteiger partial charge in [-0.05, 0) is 50.4 Å². The zero-order valence-electron chi connectivity index (χ0n) is 15.8. The van der Waals surface area contributed by atoms with Crippen LogP contribution in [-0.4, -0.2) is 50.7 Å². The Labute approximate surface area is 161 Å². The molecule has 27 heavy (non-hydrogen) atoms. The molecule has 0 radical (unpaired) electrons. The second-order valence-corrected chi connectivity index (χ2v) is 8.80. The van der Waals surface area contributed by atoms with Gasteiger partial charge < -0.3 is 5.32 Å². The molecule has 0 aromatic heterocycles. The van der Waals surface area contributed by atoms with Crippen LogP contribution in [0, 0.1) is 0 Å². The standard InChI is InChI=1S/C19H28N4O3S/c1-2-23(16-10-11-16)14-19(24)21-15-7-6-8-17(13-15)27(25,26)22-18-9-4-3-5-12-20-18/h6-8,13,16H,2-5,9-12,14H2,1H3,(H,20,22)(H,21,24). The van der Waals surface area contributed by atoms with Crippen molar-refractivity contribution in [2.45, 2.75) is 56.4 Å². The lowest BCUT2D eigenvalue weighted by molar-refractivity contribution is -0.117. The van der Waals surface area contributed by atoms with Crippen LogP contribution in [0.2, 0.25) is 0 Å². The minimum Gasteiger partial charge on any atom is -0.325 e. The first-order valence-electron chi connectivity index (χ1n) is 9.68. The van der Waals surface area contributed by atoms with Crippen molar-refractivity contribution in [2.75, 3.05) is 25.0 Å². The highest BCUT2D eigenvalue weighted by molar-refractivity contribution is 7.90. The predicted molar refractivity (Wildman–Crippen MR) is 106 cm³/mol. The number of nitrogens with zero attached hydrogens (tertiary/aromatic N) is 2. The third kappa shape index (κ3) is 5.77. The molecule has 2 aliphatic rings. The van der Waals surface area contributed by atoms with Crippen LogP contribution < -0.4 is 10.0 Å². The summed E-state index contributed by atoms with van der Waals surface area (Å²) in [5.41, 5.74) is 0.484. The number of likely N-dealkylation sites (N-methyl/N-ethyl adjacent to an activating group) is 1. The summed E-state index contributed by atoms with van der Waals surface area (Å²) in [6.45, 7) is 3.86. The van der Waals surface area contributed by atoms with Gasteiger partial charge in [0.15, 0.2) is 0 Å². The van der Waals surface area contributed by atoms with Gasteiger partial charge in [0, 0.05) is 24.7 Å². The number of sulfonamides is 1.